The van der Waals surface area contributed by atoms with Crippen molar-refractivity contribution in [2.75, 3.05) is 13.2 Å². The van der Waals surface area contributed by atoms with E-state index in [1.54, 1.807) is 0 Å². The van der Waals surface area contributed by atoms with E-state index in [4.69, 9.17) is 4.74 Å². The summed E-state index contributed by atoms with van der Waals surface area (Å²) in [6.45, 7) is 12.8. The van der Waals surface area contributed by atoms with Crippen molar-refractivity contribution in [3.05, 3.63) is 0 Å². The Kier molecular flexibility index (Phi) is 7.37. The van der Waals surface area contributed by atoms with Crippen LogP contribution in [0.1, 0.15) is 73.1 Å². The number of rotatable bonds is 6. The summed E-state index contributed by atoms with van der Waals surface area (Å²) in [7, 11) is 0. The van der Waals surface area contributed by atoms with Gasteiger partial charge in [-0.25, -0.2) is 0 Å². The maximum Gasteiger partial charge on any atom is 0.0900 e. The number of hydrogen-bond donors (Lipinski definition) is 1. The maximum absolute atomic E-state index is 10.5. The molecule has 0 bridgehead atoms. The predicted molar refractivity (Wildman–Crippen MR) is 96.6 cm³/mol. The lowest BCUT2D eigenvalue weighted by Gasteiger charge is -2.41. The van der Waals surface area contributed by atoms with E-state index >= 15 is 0 Å². The molecule has 23 heavy (non-hydrogen) atoms. The molecule has 136 valence electrons. The highest BCUT2D eigenvalue weighted by Gasteiger charge is 2.32. The smallest absolute Gasteiger partial charge is 0.0900 e. The number of aliphatic hydroxyl groups is 1. The van der Waals surface area contributed by atoms with Crippen LogP contribution in [-0.4, -0.2) is 47.4 Å². The minimum absolute atomic E-state index is 0.338. The van der Waals surface area contributed by atoms with Crippen LogP contribution >= 0.6 is 0 Å². The highest BCUT2D eigenvalue weighted by atomic mass is 16.5. The lowest BCUT2D eigenvalue weighted by molar-refractivity contribution is -0.0793. The van der Waals surface area contributed by atoms with Gasteiger partial charge in [0.25, 0.3) is 0 Å². The highest BCUT2D eigenvalue weighted by Crippen LogP contribution is 2.35. The molecule has 1 N–H and O–H groups in total. The molecule has 0 aromatic carbocycles. The van der Waals surface area contributed by atoms with Gasteiger partial charge in [0.15, 0.2) is 0 Å². The summed E-state index contributed by atoms with van der Waals surface area (Å²) in [4.78, 5) is 2.47. The van der Waals surface area contributed by atoms with Crippen LogP contribution in [0.4, 0.5) is 0 Å². The monoisotopic (exact) mass is 325 g/mol. The van der Waals surface area contributed by atoms with E-state index in [0.717, 1.165) is 18.9 Å². The normalized spacial score (nSPS) is 38.0. The first kappa shape index (κ1) is 19.2. The van der Waals surface area contributed by atoms with Crippen molar-refractivity contribution in [1.29, 1.82) is 0 Å². The van der Waals surface area contributed by atoms with Gasteiger partial charge in [0.1, 0.15) is 0 Å². The third kappa shape index (κ3) is 5.44. The van der Waals surface area contributed by atoms with Gasteiger partial charge in [-0.3, -0.25) is 4.90 Å². The van der Waals surface area contributed by atoms with E-state index in [9.17, 15) is 5.11 Å². The Hall–Kier alpha value is -0.120. The first-order valence-electron chi connectivity index (χ1n) is 9.93. The third-order valence-corrected chi connectivity index (χ3v) is 6.26. The zero-order valence-corrected chi connectivity index (χ0v) is 16.0. The van der Waals surface area contributed by atoms with Gasteiger partial charge < -0.3 is 9.84 Å². The molecule has 1 heterocycles. The molecular weight excluding hydrogens is 286 g/mol. The average molecular weight is 326 g/mol. The summed E-state index contributed by atoms with van der Waals surface area (Å²) in [6.07, 6.45) is 7.58. The van der Waals surface area contributed by atoms with Crippen LogP contribution in [0.2, 0.25) is 0 Å². The molecular formula is C20H39NO2. The Labute approximate surface area is 143 Å². The van der Waals surface area contributed by atoms with Crippen molar-refractivity contribution < 1.29 is 9.84 Å². The van der Waals surface area contributed by atoms with E-state index in [1.165, 1.54) is 32.1 Å². The Morgan fingerprint density at radius 1 is 1.04 bits per heavy atom. The number of ether oxygens (including phenoxy) is 1. The summed E-state index contributed by atoms with van der Waals surface area (Å²) in [5.74, 6) is 2.09. The molecule has 0 aromatic heterocycles. The molecule has 0 spiro atoms. The van der Waals surface area contributed by atoms with Crippen LogP contribution in [0.25, 0.3) is 0 Å². The zero-order valence-electron chi connectivity index (χ0n) is 16.0. The van der Waals surface area contributed by atoms with Gasteiger partial charge in [0.2, 0.25) is 0 Å². The Balaban J connectivity index is 1.81. The fraction of sp³-hybridized carbons (Fsp3) is 1.00. The highest BCUT2D eigenvalue weighted by molar-refractivity contribution is 4.83. The molecule has 2 fully saturated rings. The fourth-order valence-electron chi connectivity index (χ4n) is 4.67. The lowest BCUT2D eigenvalue weighted by atomic mass is 9.75. The second kappa shape index (κ2) is 8.82. The van der Waals surface area contributed by atoms with E-state index in [0.29, 0.717) is 36.6 Å². The van der Waals surface area contributed by atoms with E-state index < -0.39 is 0 Å². The molecule has 1 aliphatic heterocycles. The summed E-state index contributed by atoms with van der Waals surface area (Å²) >= 11 is 0. The first-order chi connectivity index (χ1) is 10.9. The first-order valence-corrected chi connectivity index (χ1v) is 9.93. The van der Waals surface area contributed by atoms with Crippen LogP contribution < -0.4 is 0 Å². The number of piperidine rings is 1. The van der Waals surface area contributed by atoms with Crippen molar-refractivity contribution in [2.24, 2.45) is 17.8 Å². The standard InChI is InChI=1S/C20H39NO2/c1-14(2)19-10-9-15(3)11-20(19)23-13-18(22)12-21-16(4)7-6-8-17(21)5/h14-20,22H,6-13H2,1-5H3/t15-,16-,17+,18+,19-,20+/m0/s1. The second-order valence-electron chi connectivity index (χ2n) is 8.68. The molecule has 6 atom stereocenters. The van der Waals surface area contributed by atoms with Crippen LogP contribution in [0.3, 0.4) is 0 Å². The minimum Gasteiger partial charge on any atom is -0.389 e. The molecule has 0 amide bonds. The molecule has 2 rings (SSSR count). The number of likely N-dealkylation sites (tertiary alicyclic amines) is 1. The molecule has 1 saturated carbocycles. The van der Waals surface area contributed by atoms with Crippen molar-refractivity contribution in [3.8, 4) is 0 Å². The average Bonchev–Trinajstić information content (AvgIpc) is 2.49. The summed E-state index contributed by atoms with van der Waals surface area (Å²) in [5.41, 5.74) is 0. The van der Waals surface area contributed by atoms with Gasteiger partial charge in [0.05, 0.1) is 18.8 Å². The number of nitrogens with zero attached hydrogens (tertiary/aromatic N) is 1. The molecule has 3 heteroatoms. The number of aliphatic hydroxyl groups excluding tert-OH is 1. The molecule has 1 aliphatic carbocycles. The Morgan fingerprint density at radius 2 is 1.70 bits per heavy atom. The van der Waals surface area contributed by atoms with Gasteiger partial charge in [-0.15, -0.1) is 0 Å². The fourth-order valence-corrected chi connectivity index (χ4v) is 4.67. The quantitative estimate of drug-likeness (QED) is 0.798. The summed E-state index contributed by atoms with van der Waals surface area (Å²) < 4.78 is 6.22. The van der Waals surface area contributed by atoms with Crippen LogP contribution in [0.15, 0.2) is 0 Å². The number of hydrogen-bond acceptors (Lipinski definition) is 3. The largest absolute Gasteiger partial charge is 0.389 e. The van der Waals surface area contributed by atoms with Gasteiger partial charge >= 0.3 is 0 Å². The van der Waals surface area contributed by atoms with Gasteiger partial charge in [-0.2, -0.15) is 0 Å². The van der Waals surface area contributed by atoms with Gasteiger partial charge in [-0.05, 0) is 57.3 Å². The Morgan fingerprint density at radius 3 is 2.30 bits per heavy atom. The molecule has 0 radical (unpaired) electrons. The lowest BCUT2D eigenvalue weighted by Crippen LogP contribution is -2.48. The van der Waals surface area contributed by atoms with E-state index in [-0.39, 0.29) is 6.10 Å². The van der Waals surface area contributed by atoms with E-state index in [1.807, 2.05) is 0 Å². The molecule has 1 saturated heterocycles. The SMILES string of the molecule is CC(C)[C@@H]1CC[C@H](C)C[C@H]1OC[C@H](O)CN1[C@H](C)CCC[C@@H]1C. The van der Waals surface area contributed by atoms with Crippen molar-refractivity contribution in [3.63, 3.8) is 0 Å². The molecule has 2 aliphatic rings. The summed E-state index contributed by atoms with van der Waals surface area (Å²) in [5, 5.41) is 10.5. The molecule has 0 unspecified atom stereocenters. The minimum atomic E-state index is -0.358. The van der Waals surface area contributed by atoms with Gasteiger partial charge in [-0.1, -0.05) is 33.6 Å². The second-order valence-corrected chi connectivity index (χ2v) is 8.68. The van der Waals surface area contributed by atoms with Crippen LogP contribution in [0, 0.1) is 17.8 Å². The van der Waals surface area contributed by atoms with E-state index in [2.05, 4.69) is 39.5 Å². The Bertz CT molecular complexity index is 337. The van der Waals surface area contributed by atoms with Crippen molar-refractivity contribution in [1.82, 2.24) is 4.90 Å². The molecule has 0 aromatic rings. The maximum atomic E-state index is 10.5. The van der Waals surface area contributed by atoms with Crippen molar-refractivity contribution in [2.45, 2.75) is 97.4 Å². The third-order valence-electron chi connectivity index (χ3n) is 6.26. The van der Waals surface area contributed by atoms with Crippen molar-refractivity contribution >= 4 is 0 Å². The topological polar surface area (TPSA) is 32.7 Å². The number of β-amino-alcohol motifs (C(OH)–C–C–N with tert-alkyl or cyclic N) is 1. The van der Waals surface area contributed by atoms with Crippen LogP contribution in [0.5, 0.6) is 0 Å². The van der Waals surface area contributed by atoms with Gasteiger partial charge in [0, 0.05) is 18.6 Å². The molecule has 3 nitrogen and oxygen atoms in total. The summed E-state index contributed by atoms with van der Waals surface area (Å²) in [6, 6.07) is 1.18. The zero-order chi connectivity index (χ0) is 17.0. The van der Waals surface area contributed by atoms with Crippen LogP contribution in [-0.2, 0) is 4.74 Å². The predicted octanol–water partition coefficient (Wildman–Crippen LogP) is 4.09.